The first-order chi connectivity index (χ1) is 13.5. The Kier molecular flexibility index (Phi) is 6.33. The standard InChI is InChI=1S/C20H20N4O3S/c1-13(21-17(25)11-14-7-4-3-5-8-14)18(26)22-20-24-23-19(28-20)15-9-6-10-16(12-15)27-2/h3-10,12-13H,11H2,1-2H3,(H,21,25)(H,22,24,26)/t13-/m1/s1. The van der Waals surface area contributed by atoms with Crippen molar-refractivity contribution in [1.82, 2.24) is 15.5 Å². The molecule has 28 heavy (non-hydrogen) atoms. The molecule has 0 fully saturated rings. The van der Waals surface area contributed by atoms with Gasteiger partial charge in [0.05, 0.1) is 13.5 Å². The van der Waals surface area contributed by atoms with E-state index in [0.717, 1.165) is 11.1 Å². The molecular weight excluding hydrogens is 376 g/mol. The molecule has 2 N–H and O–H groups in total. The molecule has 0 saturated carbocycles. The number of carbonyl (C=O) groups is 2. The summed E-state index contributed by atoms with van der Waals surface area (Å²) in [5.41, 5.74) is 1.74. The Balaban J connectivity index is 1.57. The lowest BCUT2D eigenvalue weighted by molar-refractivity contribution is -0.125. The van der Waals surface area contributed by atoms with Crippen LogP contribution in [0.5, 0.6) is 5.75 Å². The van der Waals surface area contributed by atoms with Crippen LogP contribution in [0.25, 0.3) is 10.6 Å². The first-order valence-corrected chi connectivity index (χ1v) is 9.49. The van der Waals surface area contributed by atoms with Crippen LogP contribution in [0.2, 0.25) is 0 Å². The zero-order chi connectivity index (χ0) is 19.9. The lowest BCUT2D eigenvalue weighted by Crippen LogP contribution is -2.42. The Bertz CT molecular complexity index is 959. The molecule has 0 unspecified atom stereocenters. The minimum atomic E-state index is -0.694. The number of carbonyl (C=O) groups excluding carboxylic acids is 2. The van der Waals surface area contributed by atoms with Crippen LogP contribution in [-0.4, -0.2) is 35.2 Å². The number of nitrogens with zero attached hydrogens (tertiary/aromatic N) is 2. The van der Waals surface area contributed by atoms with E-state index in [1.807, 2.05) is 54.6 Å². The van der Waals surface area contributed by atoms with Crippen molar-refractivity contribution in [3.63, 3.8) is 0 Å². The number of hydrogen-bond donors (Lipinski definition) is 2. The second kappa shape index (κ2) is 9.09. The number of rotatable bonds is 7. The summed E-state index contributed by atoms with van der Waals surface area (Å²) in [6.45, 7) is 1.63. The van der Waals surface area contributed by atoms with E-state index >= 15 is 0 Å². The molecule has 3 aromatic rings. The van der Waals surface area contributed by atoms with Gasteiger partial charge in [0.15, 0.2) is 0 Å². The fraction of sp³-hybridized carbons (Fsp3) is 0.200. The predicted molar refractivity (Wildman–Crippen MR) is 108 cm³/mol. The number of amides is 2. The SMILES string of the molecule is COc1cccc(-c2nnc(NC(=O)[C@@H](C)NC(=O)Cc3ccccc3)s2)c1. The normalized spacial score (nSPS) is 11.5. The molecular formula is C20H20N4O3S. The third kappa shape index (κ3) is 5.14. The molecule has 2 amide bonds. The zero-order valence-electron chi connectivity index (χ0n) is 15.5. The van der Waals surface area contributed by atoms with Gasteiger partial charge in [0, 0.05) is 5.56 Å². The summed E-state index contributed by atoms with van der Waals surface area (Å²) in [7, 11) is 1.60. The maximum Gasteiger partial charge on any atom is 0.248 e. The second-order valence-corrected chi connectivity index (χ2v) is 7.06. The van der Waals surface area contributed by atoms with E-state index in [0.29, 0.717) is 15.9 Å². The predicted octanol–water partition coefficient (Wildman–Crippen LogP) is 2.90. The number of methoxy groups -OCH3 is 1. The molecule has 2 aromatic carbocycles. The van der Waals surface area contributed by atoms with Gasteiger partial charge in [0.2, 0.25) is 16.9 Å². The summed E-state index contributed by atoms with van der Waals surface area (Å²) >= 11 is 1.25. The van der Waals surface area contributed by atoms with E-state index in [1.165, 1.54) is 11.3 Å². The van der Waals surface area contributed by atoms with Gasteiger partial charge in [0.1, 0.15) is 16.8 Å². The van der Waals surface area contributed by atoms with Crippen LogP contribution in [-0.2, 0) is 16.0 Å². The highest BCUT2D eigenvalue weighted by Gasteiger charge is 2.18. The summed E-state index contributed by atoms with van der Waals surface area (Å²) in [5, 5.41) is 14.5. The highest BCUT2D eigenvalue weighted by molar-refractivity contribution is 7.18. The average Bonchev–Trinajstić information content (AvgIpc) is 3.17. The first kappa shape index (κ1) is 19.5. The van der Waals surface area contributed by atoms with Crippen molar-refractivity contribution in [3.8, 4) is 16.3 Å². The minimum Gasteiger partial charge on any atom is -0.497 e. The summed E-state index contributed by atoms with van der Waals surface area (Å²) in [6, 6.07) is 16.1. The van der Waals surface area contributed by atoms with E-state index in [9.17, 15) is 9.59 Å². The van der Waals surface area contributed by atoms with Gasteiger partial charge in [-0.3, -0.25) is 14.9 Å². The van der Waals surface area contributed by atoms with Crippen LogP contribution in [0.3, 0.4) is 0 Å². The second-order valence-electron chi connectivity index (χ2n) is 6.09. The van der Waals surface area contributed by atoms with Gasteiger partial charge in [-0.2, -0.15) is 0 Å². The molecule has 0 aliphatic carbocycles. The van der Waals surface area contributed by atoms with Gasteiger partial charge < -0.3 is 10.1 Å². The van der Waals surface area contributed by atoms with Gasteiger partial charge in [-0.25, -0.2) is 0 Å². The highest BCUT2D eigenvalue weighted by Crippen LogP contribution is 2.28. The molecule has 7 nitrogen and oxygen atoms in total. The number of benzene rings is 2. The molecule has 3 rings (SSSR count). The van der Waals surface area contributed by atoms with E-state index in [1.54, 1.807) is 14.0 Å². The van der Waals surface area contributed by atoms with E-state index < -0.39 is 6.04 Å². The van der Waals surface area contributed by atoms with Gasteiger partial charge in [-0.15, -0.1) is 10.2 Å². The lowest BCUT2D eigenvalue weighted by Gasteiger charge is -2.12. The van der Waals surface area contributed by atoms with Crippen molar-refractivity contribution >= 4 is 28.3 Å². The molecule has 1 aromatic heterocycles. The smallest absolute Gasteiger partial charge is 0.248 e. The summed E-state index contributed by atoms with van der Waals surface area (Å²) < 4.78 is 5.21. The Morgan fingerprint density at radius 3 is 2.64 bits per heavy atom. The van der Waals surface area contributed by atoms with Crippen LogP contribution in [0.4, 0.5) is 5.13 Å². The topological polar surface area (TPSA) is 93.2 Å². The molecule has 8 heteroatoms. The molecule has 144 valence electrons. The van der Waals surface area contributed by atoms with Crippen LogP contribution < -0.4 is 15.4 Å². The fourth-order valence-corrected chi connectivity index (χ4v) is 3.24. The van der Waals surface area contributed by atoms with E-state index in [2.05, 4.69) is 20.8 Å². The lowest BCUT2D eigenvalue weighted by atomic mass is 10.1. The monoisotopic (exact) mass is 396 g/mol. The number of nitrogens with one attached hydrogen (secondary N) is 2. The van der Waals surface area contributed by atoms with Gasteiger partial charge in [-0.1, -0.05) is 53.8 Å². The third-order valence-corrected chi connectivity index (χ3v) is 4.84. The quantitative estimate of drug-likeness (QED) is 0.641. The molecule has 1 atom stereocenters. The van der Waals surface area contributed by atoms with Crippen LogP contribution >= 0.6 is 11.3 Å². The molecule has 0 bridgehead atoms. The van der Waals surface area contributed by atoms with Gasteiger partial charge >= 0.3 is 0 Å². The maximum absolute atomic E-state index is 12.3. The van der Waals surface area contributed by atoms with Crippen LogP contribution in [0.15, 0.2) is 54.6 Å². The number of ether oxygens (including phenoxy) is 1. The maximum atomic E-state index is 12.3. The van der Waals surface area contributed by atoms with Crippen molar-refractivity contribution in [2.75, 3.05) is 12.4 Å². The Morgan fingerprint density at radius 2 is 1.89 bits per heavy atom. The van der Waals surface area contributed by atoms with Gasteiger partial charge in [0.25, 0.3) is 0 Å². The Hall–Kier alpha value is -3.26. The van der Waals surface area contributed by atoms with Crippen molar-refractivity contribution in [3.05, 3.63) is 60.2 Å². The van der Waals surface area contributed by atoms with Crippen LogP contribution in [0, 0.1) is 0 Å². The molecule has 0 radical (unpaired) electrons. The molecule has 0 spiro atoms. The average molecular weight is 396 g/mol. The van der Waals surface area contributed by atoms with Crippen molar-refractivity contribution in [2.24, 2.45) is 0 Å². The fourth-order valence-electron chi connectivity index (χ4n) is 2.50. The van der Waals surface area contributed by atoms with E-state index in [-0.39, 0.29) is 18.2 Å². The Morgan fingerprint density at radius 1 is 1.11 bits per heavy atom. The number of aromatic nitrogens is 2. The molecule has 0 saturated heterocycles. The summed E-state index contributed by atoms with van der Waals surface area (Å²) in [5.74, 6) is 0.144. The summed E-state index contributed by atoms with van der Waals surface area (Å²) in [4.78, 5) is 24.4. The largest absolute Gasteiger partial charge is 0.497 e. The van der Waals surface area contributed by atoms with Crippen LogP contribution in [0.1, 0.15) is 12.5 Å². The van der Waals surface area contributed by atoms with Crippen molar-refractivity contribution < 1.29 is 14.3 Å². The zero-order valence-corrected chi connectivity index (χ0v) is 16.3. The number of anilines is 1. The summed E-state index contributed by atoms with van der Waals surface area (Å²) in [6.07, 6.45) is 0.219. The Labute approximate surface area is 166 Å². The van der Waals surface area contributed by atoms with Crippen molar-refractivity contribution in [2.45, 2.75) is 19.4 Å². The molecule has 1 heterocycles. The first-order valence-electron chi connectivity index (χ1n) is 8.67. The van der Waals surface area contributed by atoms with Gasteiger partial charge in [-0.05, 0) is 24.6 Å². The minimum absolute atomic E-state index is 0.219. The van der Waals surface area contributed by atoms with E-state index in [4.69, 9.17) is 4.74 Å². The molecule has 0 aliphatic heterocycles. The highest BCUT2D eigenvalue weighted by atomic mass is 32.1. The molecule has 0 aliphatic rings. The number of hydrogen-bond acceptors (Lipinski definition) is 6. The third-order valence-electron chi connectivity index (χ3n) is 3.95. The van der Waals surface area contributed by atoms with Crippen molar-refractivity contribution in [1.29, 1.82) is 0 Å².